The predicted molar refractivity (Wildman–Crippen MR) is 121 cm³/mol. The summed E-state index contributed by atoms with van der Waals surface area (Å²) in [4.78, 5) is 21.7. The molecule has 0 spiro atoms. The third kappa shape index (κ3) is 4.21. The predicted octanol–water partition coefficient (Wildman–Crippen LogP) is 5.51. The van der Waals surface area contributed by atoms with Gasteiger partial charge in [-0.05, 0) is 62.2 Å². The molecule has 0 saturated heterocycles. The van der Waals surface area contributed by atoms with E-state index in [1.165, 1.54) is 39.6 Å². The highest BCUT2D eigenvalue weighted by Gasteiger charge is 2.11. The molecule has 0 saturated carbocycles. The Morgan fingerprint density at radius 2 is 1.93 bits per heavy atom. The monoisotopic (exact) mass is 423 g/mol. The summed E-state index contributed by atoms with van der Waals surface area (Å²) in [6.45, 7) is 6.25. The fourth-order valence-corrected chi connectivity index (χ4v) is 4.95. The van der Waals surface area contributed by atoms with Gasteiger partial charge in [0.1, 0.15) is 5.75 Å². The first-order valence-corrected chi connectivity index (χ1v) is 11.0. The molecule has 0 unspecified atom stereocenters. The molecule has 2 aromatic carbocycles. The van der Waals surface area contributed by atoms with E-state index >= 15 is 0 Å². The van der Waals surface area contributed by atoms with E-state index < -0.39 is 0 Å². The number of hydrogen-bond acceptors (Lipinski definition) is 6. The number of carbonyl (C=O) groups excluding carboxylic acids is 1. The van der Waals surface area contributed by atoms with Gasteiger partial charge in [0.25, 0.3) is 0 Å². The first-order valence-electron chi connectivity index (χ1n) is 9.19. The van der Waals surface area contributed by atoms with Gasteiger partial charge in [0.05, 0.1) is 33.6 Å². The highest BCUT2D eigenvalue weighted by Crippen LogP contribution is 2.30. The summed E-state index contributed by atoms with van der Waals surface area (Å²) in [5.74, 6) is 0.960. The normalized spacial score (nSPS) is 11.2. The van der Waals surface area contributed by atoms with Gasteiger partial charge in [-0.3, -0.25) is 4.79 Å². The summed E-state index contributed by atoms with van der Waals surface area (Å²) >= 11 is 2.87. The number of methoxy groups -OCH3 is 1. The summed E-state index contributed by atoms with van der Waals surface area (Å²) < 4.78 is 6.21. The summed E-state index contributed by atoms with van der Waals surface area (Å²) in [6.07, 6.45) is 0. The van der Waals surface area contributed by atoms with E-state index in [4.69, 9.17) is 9.72 Å². The van der Waals surface area contributed by atoms with Crippen molar-refractivity contribution in [1.29, 1.82) is 0 Å². The van der Waals surface area contributed by atoms with Crippen LogP contribution in [-0.4, -0.2) is 28.7 Å². The highest BCUT2D eigenvalue weighted by molar-refractivity contribution is 7.99. The Morgan fingerprint density at radius 3 is 2.72 bits per heavy atom. The Balaban J connectivity index is 1.47. The Hall–Kier alpha value is -2.64. The first kappa shape index (κ1) is 19.7. The molecule has 2 heterocycles. The second-order valence-electron chi connectivity index (χ2n) is 6.94. The standard InChI is InChI=1S/C22H21N3O2S2/c1-12-7-14(3)21-16(8-12)13(2)9-20(25-21)28-11-19(26)24-22-23-17-6-5-15(27-4)10-18(17)29-22/h5-10H,11H2,1-4H3,(H,23,24,26). The number of fused-ring (bicyclic) bond motifs is 2. The van der Waals surface area contributed by atoms with Gasteiger partial charge in [-0.15, -0.1) is 0 Å². The number of nitrogens with one attached hydrogen (secondary N) is 1. The third-order valence-electron chi connectivity index (χ3n) is 4.62. The molecule has 1 amide bonds. The summed E-state index contributed by atoms with van der Waals surface area (Å²) in [5.41, 5.74) is 5.40. The number of pyridine rings is 1. The van der Waals surface area contributed by atoms with E-state index in [9.17, 15) is 4.79 Å². The molecule has 7 heteroatoms. The van der Waals surface area contributed by atoms with Crippen LogP contribution in [-0.2, 0) is 4.79 Å². The van der Waals surface area contributed by atoms with Crippen molar-refractivity contribution in [2.75, 3.05) is 18.2 Å². The molecule has 2 aromatic heterocycles. The van der Waals surface area contributed by atoms with Gasteiger partial charge in [0.15, 0.2) is 5.13 Å². The van der Waals surface area contributed by atoms with Crippen LogP contribution in [0.2, 0.25) is 0 Å². The minimum absolute atomic E-state index is 0.0961. The molecular formula is C22H21N3O2S2. The van der Waals surface area contributed by atoms with Crippen LogP contribution < -0.4 is 10.1 Å². The van der Waals surface area contributed by atoms with Crippen molar-refractivity contribution in [3.63, 3.8) is 0 Å². The number of nitrogens with zero attached hydrogens (tertiary/aromatic N) is 2. The van der Waals surface area contributed by atoms with E-state index in [-0.39, 0.29) is 11.7 Å². The topological polar surface area (TPSA) is 64.1 Å². The molecule has 0 aliphatic carbocycles. The van der Waals surface area contributed by atoms with Gasteiger partial charge >= 0.3 is 0 Å². The largest absolute Gasteiger partial charge is 0.497 e. The van der Waals surface area contributed by atoms with Crippen molar-refractivity contribution in [3.05, 3.63) is 53.1 Å². The number of anilines is 1. The van der Waals surface area contributed by atoms with E-state index in [1.807, 2.05) is 24.3 Å². The van der Waals surface area contributed by atoms with Crippen LogP contribution in [0.3, 0.4) is 0 Å². The van der Waals surface area contributed by atoms with Crippen LogP contribution >= 0.6 is 23.1 Å². The molecule has 29 heavy (non-hydrogen) atoms. The average molecular weight is 424 g/mol. The fraction of sp³-hybridized carbons (Fsp3) is 0.227. The quantitative estimate of drug-likeness (QED) is 0.429. The van der Waals surface area contributed by atoms with Crippen LogP contribution in [0.5, 0.6) is 5.75 Å². The van der Waals surface area contributed by atoms with Gasteiger partial charge in [-0.25, -0.2) is 9.97 Å². The van der Waals surface area contributed by atoms with Crippen LogP contribution in [0.1, 0.15) is 16.7 Å². The number of thioether (sulfide) groups is 1. The molecule has 0 bridgehead atoms. The van der Waals surface area contributed by atoms with Crippen molar-refractivity contribution in [3.8, 4) is 5.75 Å². The molecule has 1 N–H and O–H groups in total. The van der Waals surface area contributed by atoms with Gasteiger partial charge in [0, 0.05) is 5.39 Å². The number of benzene rings is 2. The second-order valence-corrected chi connectivity index (χ2v) is 8.97. The van der Waals surface area contributed by atoms with Crippen molar-refractivity contribution in [2.24, 2.45) is 0 Å². The average Bonchev–Trinajstić information content (AvgIpc) is 3.08. The zero-order valence-corrected chi connectivity index (χ0v) is 18.3. The SMILES string of the molecule is COc1ccc2nc(NC(=O)CSc3cc(C)c4cc(C)cc(C)c4n3)sc2c1. The number of hydrogen-bond donors (Lipinski definition) is 1. The van der Waals surface area contributed by atoms with E-state index in [0.717, 1.165) is 32.1 Å². The smallest absolute Gasteiger partial charge is 0.236 e. The number of aryl methyl sites for hydroxylation is 3. The fourth-order valence-electron chi connectivity index (χ4n) is 3.27. The minimum Gasteiger partial charge on any atom is -0.497 e. The molecule has 4 rings (SSSR count). The molecule has 0 atom stereocenters. The van der Waals surface area contributed by atoms with Crippen LogP contribution in [0.25, 0.3) is 21.1 Å². The van der Waals surface area contributed by atoms with Crippen LogP contribution in [0.4, 0.5) is 5.13 Å². The van der Waals surface area contributed by atoms with E-state index in [0.29, 0.717) is 5.13 Å². The third-order valence-corrected chi connectivity index (χ3v) is 6.47. The van der Waals surface area contributed by atoms with Gasteiger partial charge in [0.2, 0.25) is 5.91 Å². The van der Waals surface area contributed by atoms with E-state index in [2.05, 4.69) is 43.2 Å². The molecule has 0 fully saturated rings. The second kappa shape index (κ2) is 8.00. The zero-order valence-electron chi connectivity index (χ0n) is 16.7. The van der Waals surface area contributed by atoms with Gasteiger partial charge in [-0.1, -0.05) is 34.7 Å². The summed E-state index contributed by atoms with van der Waals surface area (Å²) in [5, 5.41) is 5.50. The number of rotatable bonds is 5. The zero-order chi connectivity index (χ0) is 20.5. The molecule has 0 aliphatic heterocycles. The van der Waals surface area contributed by atoms with Crippen LogP contribution in [0.15, 0.2) is 41.4 Å². The number of thiazole rings is 1. The summed E-state index contributed by atoms with van der Waals surface area (Å²) in [7, 11) is 1.63. The molecule has 5 nitrogen and oxygen atoms in total. The Kier molecular flexibility index (Phi) is 5.43. The Morgan fingerprint density at radius 1 is 1.10 bits per heavy atom. The lowest BCUT2D eigenvalue weighted by molar-refractivity contribution is -0.113. The molecule has 0 radical (unpaired) electrons. The molecule has 0 aliphatic rings. The molecular weight excluding hydrogens is 402 g/mol. The first-order chi connectivity index (χ1) is 13.9. The summed E-state index contributed by atoms with van der Waals surface area (Å²) in [6, 6.07) is 12.0. The lowest BCUT2D eigenvalue weighted by atomic mass is 10.0. The van der Waals surface area contributed by atoms with Gasteiger partial charge < -0.3 is 10.1 Å². The van der Waals surface area contributed by atoms with Crippen molar-refractivity contribution >= 4 is 55.3 Å². The van der Waals surface area contributed by atoms with Crippen molar-refractivity contribution < 1.29 is 9.53 Å². The van der Waals surface area contributed by atoms with Gasteiger partial charge in [-0.2, -0.15) is 0 Å². The lowest BCUT2D eigenvalue weighted by Crippen LogP contribution is -2.13. The van der Waals surface area contributed by atoms with Crippen LogP contribution in [0, 0.1) is 20.8 Å². The number of aromatic nitrogens is 2. The Bertz CT molecular complexity index is 1230. The maximum absolute atomic E-state index is 12.4. The van der Waals surface area contributed by atoms with Crippen molar-refractivity contribution in [2.45, 2.75) is 25.8 Å². The molecule has 148 valence electrons. The molecule has 4 aromatic rings. The van der Waals surface area contributed by atoms with Crippen molar-refractivity contribution in [1.82, 2.24) is 9.97 Å². The maximum atomic E-state index is 12.4. The number of carbonyl (C=O) groups is 1. The maximum Gasteiger partial charge on any atom is 0.236 e. The Labute approximate surface area is 177 Å². The van der Waals surface area contributed by atoms with E-state index in [1.54, 1.807) is 7.11 Å². The lowest BCUT2D eigenvalue weighted by Gasteiger charge is -2.09. The number of ether oxygens (including phenoxy) is 1. The number of amides is 1. The minimum atomic E-state index is -0.0961. The highest BCUT2D eigenvalue weighted by atomic mass is 32.2.